The molecule has 1 aromatic rings. The first-order chi connectivity index (χ1) is 9.51. The first kappa shape index (κ1) is 16.7. The van der Waals surface area contributed by atoms with Crippen molar-refractivity contribution < 1.29 is 13.5 Å². The Morgan fingerprint density at radius 1 is 1.35 bits per heavy atom. The van der Waals surface area contributed by atoms with Crippen LogP contribution in [0.2, 0.25) is 0 Å². The van der Waals surface area contributed by atoms with Crippen LogP contribution in [0.1, 0.15) is 24.5 Å². The largest absolute Gasteiger partial charge is 0.384 e. The fourth-order valence-corrected chi connectivity index (χ4v) is 2.57. The molecule has 0 aliphatic carbocycles. The number of aliphatic hydroxyl groups excluding tert-OH is 1. The summed E-state index contributed by atoms with van der Waals surface area (Å²) in [5, 5.41) is 8.74. The summed E-state index contributed by atoms with van der Waals surface area (Å²) in [7, 11) is -1.95. The number of nitrogens with one attached hydrogen (secondary N) is 1. The summed E-state index contributed by atoms with van der Waals surface area (Å²) in [5.41, 5.74) is 1.52. The van der Waals surface area contributed by atoms with Crippen LogP contribution >= 0.6 is 0 Å². The Morgan fingerprint density at radius 2 is 2.05 bits per heavy atom. The van der Waals surface area contributed by atoms with Crippen molar-refractivity contribution in [2.45, 2.75) is 19.9 Å². The molecule has 0 aliphatic rings. The summed E-state index contributed by atoms with van der Waals surface area (Å²) >= 11 is 0. The summed E-state index contributed by atoms with van der Waals surface area (Å²) in [6.07, 6.45) is 0.742. The Balaban J connectivity index is 2.88. The number of benzene rings is 1. The lowest BCUT2D eigenvalue weighted by molar-refractivity contribution is 0.350. The van der Waals surface area contributed by atoms with Crippen molar-refractivity contribution >= 4 is 10.2 Å². The maximum absolute atomic E-state index is 12.0. The summed E-state index contributed by atoms with van der Waals surface area (Å²) in [6.45, 7) is 2.33. The van der Waals surface area contributed by atoms with Gasteiger partial charge in [0, 0.05) is 25.7 Å². The van der Waals surface area contributed by atoms with Gasteiger partial charge in [-0.15, -0.1) is 0 Å². The highest BCUT2D eigenvalue weighted by Gasteiger charge is 2.17. The molecule has 20 heavy (non-hydrogen) atoms. The molecule has 110 valence electrons. The lowest BCUT2D eigenvalue weighted by atomic mass is 10.1. The van der Waals surface area contributed by atoms with Crippen molar-refractivity contribution in [3.05, 3.63) is 35.4 Å². The molecule has 0 unspecified atom stereocenters. The fraction of sp³-hybridized carbons (Fsp3) is 0.429. The van der Waals surface area contributed by atoms with Gasteiger partial charge in [-0.05, 0) is 18.1 Å². The molecule has 0 saturated heterocycles. The molecule has 0 aliphatic heterocycles. The van der Waals surface area contributed by atoms with Gasteiger partial charge in [-0.1, -0.05) is 37.0 Å². The first-order valence-corrected chi connectivity index (χ1v) is 7.83. The van der Waals surface area contributed by atoms with Crippen LogP contribution in [0.5, 0.6) is 0 Å². The van der Waals surface area contributed by atoms with Crippen LogP contribution in [0.3, 0.4) is 0 Å². The normalized spacial score (nSPS) is 11.2. The Morgan fingerprint density at radius 3 is 2.70 bits per heavy atom. The predicted molar refractivity (Wildman–Crippen MR) is 79.1 cm³/mol. The highest BCUT2D eigenvalue weighted by molar-refractivity contribution is 7.87. The van der Waals surface area contributed by atoms with Crippen LogP contribution in [0, 0.1) is 11.8 Å². The van der Waals surface area contributed by atoms with Gasteiger partial charge in [0.05, 0.1) is 0 Å². The second-order valence-corrected chi connectivity index (χ2v) is 6.13. The van der Waals surface area contributed by atoms with Gasteiger partial charge in [-0.2, -0.15) is 12.7 Å². The average molecular weight is 296 g/mol. The van der Waals surface area contributed by atoms with Crippen LogP contribution in [-0.2, 0) is 16.8 Å². The molecule has 1 aromatic carbocycles. The number of nitrogens with zero attached hydrogens (tertiary/aromatic N) is 1. The van der Waals surface area contributed by atoms with E-state index in [9.17, 15) is 8.42 Å². The van der Waals surface area contributed by atoms with Gasteiger partial charge in [0.15, 0.2) is 0 Å². The molecular weight excluding hydrogens is 276 g/mol. The molecule has 0 atom stereocenters. The fourth-order valence-electron chi connectivity index (χ4n) is 1.58. The number of hydrogen-bond donors (Lipinski definition) is 2. The summed E-state index contributed by atoms with van der Waals surface area (Å²) in [6, 6.07) is 7.29. The van der Waals surface area contributed by atoms with E-state index < -0.39 is 10.2 Å². The Hall–Kier alpha value is -1.39. The second kappa shape index (κ2) is 8.02. The highest BCUT2D eigenvalue weighted by Crippen LogP contribution is 2.11. The Kier molecular flexibility index (Phi) is 6.68. The molecule has 5 nitrogen and oxygen atoms in total. The molecule has 0 spiro atoms. The molecule has 0 aromatic heterocycles. The standard InChI is InChI=1S/C14H20N2O3S/c1-3-10-15-20(18,19)16(2)12-14-8-5-4-7-13(14)9-6-11-17/h4-5,7-8,15,17H,3,10-12H2,1-2H3. The number of hydrogen-bond acceptors (Lipinski definition) is 3. The molecule has 1 rings (SSSR count). The van der Waals surface area contributed by atoms with Gasteiger partial charge in [0.1, 0.15) is 6.61 Å². The lowest BCUT2D eigenvalue weighted by Gasteiger charge is -2.18. The minimum atomic E-state index is -3.47. The quantitative estimate of drug-likeness (QED) is 0.760. The molecule has 0 saturated carbocycles. The first-order valence-electron chi connectivity index (χ1n) is 6.39. The van der Waals surface area contributed by atoms with Gasteiger partial charge in [-0.25, -0.2) is 4.72 Å². The van der Waals surface area contributed by atoms with Gasteiger partial charge in [-0.3, -0.25) is 0 Å². The molecule has 0 amide bonds. The zero-order chi connectivity index (χ0) is 15.0. The van der Waals surface area contributed by atoms with Crippen LogP contribution in [0.15, 0.2) is 24.3 Å². The van der Waals surface area contributed by atoms with Gasteiger partial charge in [0.2, 0.25) is 0 Å². The predicted octanol–water partition coefficient (Wildman–Crippen LogP) is 0.707. The second-order valence-electron chi connectivity index (χ2n) is 4.27. The van der Waals surface area contributed by atoms with E-state index in [-0.39, 0.29) is 13.2 Å². The third kappa shape index (κ3) is 4.94. The molecule has 0 bridgehead atoms. The molecule has 0 radical (unpaired) electrons. The maximum Gasteiger partial charge on any atom is 0.279 e. The summed E-state index contributed by atoms with van der Waals surface area (Å²) in [4.78, 5) is 0. The smallest absolute Gasteiger partial charge is 0.279 e. The third-order valence-corrected chi connectivity index (χ3v) is 4.18. The van der Waals surface area contributed by atoms with E-state index in [4.69, 9.17) is 5.11 Å². The topological polar surface area (TPSA) is 69.6 Å². The SMILES string of the molecule is CCCNS(=O)(=O)N(C)Cc1ccccc1C#CCO. The van der Waals surface area contributed by atoms with E-state index in [2.05, 4.69) is 16.6 Å². The van der Waals surface area contributed by atoms with Gasteiger partial charge >= 0.3 is 0 Å². The molecule has 2 N–H and O–H groups in total. The molecule has 6 heteroatoms. The van der Waals surface area contributed by atoms with E-state index in [0.717, 1.165) is 17.5 Å². The zero-order valence-corrected chi connectivity index (χ0v) is 12.6. The van der Waals surface area contributed by atoms with Crippen LogP contribution in [0.25, 0.3) is 0 Å². The monoisotopic (exact) mass is 296 g/mol. The van der Waals surface area contributed by atoms with E-state index in [1.54, 1.807) is 6.07 Å². The summed E-state index contributed by atoms with van der Waals surface area (Å²) < 4.78 is 27.7. The van der Waals surface area contributed by atoms with E-state index >= 15 is 0 Å². The van der Waals surface area contributed by atoms with Crippen molar-refractivity contribution in [1.29, 1.82) is 0 Å². The Bertz CT molecular complexity index is 588. The van der Waals surface area contributed by atoms with Crippen molar-refractivity contribution in [2.75, 3.05) is 20.2 Å². The van der Waals surface area contributed by atoms with Crippen molar-refractivity contribution in [3.8, 4) is 11.8 Å². The van der Waals surface area contributed by atoms with E-state index in [0.29, 0.717) is 6.54 Å². The minimum Gasteiger partial charge on any atom is -0.384 e. The van der Waals surface area contributed by atoms with E-state index in [1.807, 2.05) is 25.1 Å². The highest BCUT2D eigenvalue weighted by atomic mass is 32.2. The van der Waals surface area contributed by atoms with Crippen molar-refractivity contribution in [1.82, 2.24) is 9.03 Å². The molecular formula is C14H20N2O3S. The lowest BCUT2D eigenvalue weighted by Crippen LogP contribution is -2.38. The molecule has 0 fully saturated rings. The van der Waals surface area contributed by atoms with Crippen LogP contribution in [0.4, 0.5) is 0 Å². The third-order valence-electron chi connectivity index (χ3n) is 2.66. The van der Waals surface area contributed by atoms with E-state index in [1.165, 1.54) is 11.4 Å². The average Bonchev–Trinajstić information content (AvgIpc) is 2.44. The summed E-state index contributed by atoms with van der Waals surface area (Å²) in [5.74, 6) is 5.39. The number of rotatable bonds is 6. The minimum absolute atomic E-state index is 0.222. The zero-order valence-electron chi connectivity index (χ0n) is 11.8. The van der Waals surface area contributed by atoms with Crippen LogP contribution < -0.4 is 4.72 Å². The van der Waals surface area contributed by atoms with Crippen molar-refractivity contribution in [3.63, 3.8) is 0 Å². The van der Waals surface area contributed by atoms with Crippen molar-refractivity contribution in [2.24, 2.45) is 0 Å². The van der Waals surface area contributed by atoms with Gasteiger partial charge in [0.25, 0.3) is 10.2 Å². The maximum atomic E-state index is 12.0. The van der Waals surface area contributed by atoms with Crippen LogP contribution in [-0.4, -0.2) is 38.0 Å². The van der Waals surface area contributed by atoms with Gasteiger partial charge < -0.3 is 5.11 Å². The molecule has 0 heterocycles. The Labute approximate surface area is 120 Å². The number of aliphatic hydroxyl groups is 1.